The highest BCUT2D eigenvalue weighted by atomic mass is 15.2. The molecule has 144 valence electrons. The van der Waals surface area contributed by atoms with Crippen LogP contribution in [0.15, 0.2) is 67.4 Å². The predicted molar refractivity (Wildman–Crippen MR) is 118 cm³/mol. The summed E-state index contributed by atoms with van der Waals surface area (Å²) < 4.78 is 0. The fourth-order valence-corrected chi connectivity index (χ4v) is 3.95. The molecule has 0 fully saturated rings. The molecular formula is C23H17N7. The maximum absolute atomic E-state index is 5.90. The zero-order chi connectivity index (χ0) is 20.1. The van der Waals surface area contributed by atoms with Gasteiger partial charge in [-0.15, -0.1) is 0 Å². The van der Waals surface area contributed by atoms with Gasteiger partial charge >= 0.3 is 0 Å². The number of allylic oxidation sites excluding steroid dienone is 4. The van der Waals surface area contributed by atoms with Crippen molar-refractivity contribution in [3.63, 3.8) is 0 Å². The van der Waals surface area contributed by atoms with Gasteiger partial charge in [0.1, 0.15) is 0 Å². The molecule has 7 nitrogen and oxygen atoms in total. The van der Waals surface area contributed by atoms with Crippen LogP contribution in [0.2, 0.25) is 0 Å². The van der Waals surface area contributed by atoms with Crippen LogP contribution in [0.1, 0.15) is 12.0 Å². The van der Waals surface area contributed by atoms with E-state index in [-0.39, 0.29) is 0 Å². The number of nitrogens with zero attached hydrogens (tertiary/aromatic N) is 4. The third kappa shape index (κ3) is 2.60. The fraction of sp³-hybridized carbons (Fsp3) is 0.0435. The van der Waals surface area contributed by atoms with E-state index in [0.717, 1.165) is 50.8 Å². The number of aromatic nitrogens is 6. The van der Waals surface area contributed by atoms with Crippen molar-refractivity contribution in [2.75, 3.05) is 5.73 Å². The number of anilines is 1. The average molecular weight is 391 g/mol. The van der Waals surface area contributed by atoms with Gasteiger partial charge in [-0.1, -0.05) is 18.2 Å². The summed E-state index contributed by atoms with van der Waals surface area (Å²) in [6, 6.07) is 6.09. The minimum Gasteiger partial charge on any atom is -0.397 e. The first kappa shape index (κ1) is 16.7. The van der Waals surface area contributed by atoms with Gasteiger partial charge in [0.15, 0.2) is 5.65 Å². The fourth-order valence-electron chi connectivity index (χ4n) is 3.95. The van der Waals surface area contributed by atoms with E-state index < -0.39 is 0 Å². The summed E-state index contributed by atoms with van der Waals surface area (Å²) in [5, 5.41) is 9.58. The summed E-state index contributed by atoms with van der Waals surface area (Å²) in [6.07, 6.45) is 16.4. The van der Waals surface area contributed by atoms with Crippen molar-refractivity contribution in [2.24, 2.45) is 0 Å². The van der Waals surface area contributed by atoms with Gasteiger partial charge in [-0.2, -0.15) is 5.10 Å². The zero-order valence-corrected chi connectivity index (χ0v) is 15.9. The summed E-state index contributed by atoms with van der Waals surface area (Å²) >= 11 is 0. The number of aromatic amines is 2. The normalized spacial score (nSPS) is 13.4. The molecule has 1 aliphatic rings. The second-order valence-corrected chi connectivity index (χ2v) is 7.33. The average Bonchev–Trinajstić information content (AvgIpc) is 3.51. The monoisotopic (exact) mass is 391 g/mol. The van der Waals surface area contributed by atoms with Crippen LogP contribution in [0.3, 0.4) is 0 Å². The molecule has 0 bridgehead atoms. The summed E-state index contributed by atoms with van der Waals surface area (Å²) in [7, 11) is 0. The molecule has 30 heavy (non-hydrogen) atoms. The maximum Gasteiger partial charge on any atom is 0.181 e. The van der Waals surface area contributed by atoms with Crippen LogP contribution in [0.4, 0.5) is 5.69 Å². The zero-order valence-electron chi connectivity index (χ0n) is 15.9. The predicted octanol–water partition coefficient (Wildman–Crippen LogP) is 4.49. The van der Waals surface area contributed by atoms with Crippen molar-refractivity contribution < 1.29 is 0 Å². The van der Waals surface area contributed by atoms with Crippen LogP contribution in [-0.2, 0) is 0 Å². The van der Waals surface area contributed by atoms with Gasteiger partial charge in [0, 0.05) is 52.3 Å². The van der Waals surface area contributed by atoms with Gasteiger partial charge in [0.25, 0.3) is 0 Å². The van der Waals surface area contributed by atoms with Crippen LogP contribution < -0.4 is 5.73 Å². The molecule has 0 spiro atoms. The molecule has 5 aromatic rings. The Balaban J connectivity index is 1.51. The molecule has 6 rings (SSSR count). The number of rotatable bonds is 3. The summed E-state index contributed by atoms with van der Waals surface area (Å²) in [5.74, 6) is 0. The lowest BCUT2D eigenvalue weighted by Crippen LogP contribution is -1.88. The number of nitrogens with two attached hydrogens (primary N) is 1. The van der Waals surface area contributed by atoms with Crippen molar-refractivity contribution in [3.8, 4) is 22.5 Å². The number of nitrogens with one attached hydrogen (secondary N) is 2. The number of hydrogen-bond acceptors (Lipinski definition) is 5. The van der Waals surface area contributed by atoms with Crippen LogP contribution in [-0.4, -0.2) is 30.1 Å². The molecule has 5 aromatic heterocycles. The molecule has 1 aliphatic carbocycles. The second kappa shape index (κ2) is 6.38. The first-order chi connectivity index (χ1) is 14.8. The van der Waals surface area contributed by atoms with Crippen molar-refractivity contribution in [3.05, 3.63) is 73.0 Å². The molecule has 0 amide bonds. The van der Waals surface area contributed by atoms with E-state index in [1.807, 2.05) is 18.5 Å². The Morgan fingerprint density at radius 1 is 0.900 bits per heavy atom. The Morgan fingerprint density at radius 3 is 2.67 bits per heavy atom. The third-order valence-corrected chi connectivity index (χ3v) is 5.40. The number of H-pyrrole nitrogens is 2. The molecule has 0 atom stereocenters. The molecular weight excluding hydrogens is 374 g/mol. The molecule has 0 aliphatic heterocycles. The van der Waals surface area contributed by atoms with E-state index in [9.17, 15) is 0 Å². The molecule has 0 aromatic carbocycles. The largest absolute Gasteiger partial charge is 0.397 e. The van der Waals surface area contributed by atoms with Gasteiger partial charge in [-0.25, -0.2) is 4.98 Å². The van der Waals surface area contributed by atoms with E-state index in [2.05, 4.69) is 60.5 Å². The van der Waals surface area contributed by atoms with Crippen molar-refractivity contribution in [1.29, 1.82) is 0 Å². The first-order valence-corrected chi connectivity index (χ1v) is 9.65. The summed E-state index contributed by atoms with van der Waals surface area (Å²) in [5.41, 5.74) is 14.1. The van der Waals surface area contributed by atoms with Crippen molar-refractivity contribution in [1.82, 2.24) is 30.1 Å². The standard InChI is InChI=1S/C23H17N7/c24-16-5-14(8-25-10-16)15-6-18-22(29-30-23(18)27-9-15)20-7-17-19(13-3-1-2-4-13)11-26-12-21(17)28-20/h1,3-12,28H,2,24H2,(H,27,29,30). The lowest BCUT2D eigenvalue weighted by atomic mass is 10.0. The van der Waals surface area contributed by atoms with Gasteiger partial charge in [0.2, 0.25) is 0 Å². The Kier molecular flexibility index (Phi) is 3.55. The van der Waals surface area contributed by atoms with Crippen LogP contribution in [0, 0.1) is 0 Å². The molecule has 4 N–H and O–H groups in total. The maximum atomic E-state index is 5.90. The molecule has 7 heteroatoms. The highest BCUT2D eigenvalue weighted by Gasteiger charge is 2.15. The molecule has 0 saturated heterocycles. The van der Waals surface area contributed by atoms with Crippen molar-refractivity contribution in [2.45, 2.75) is 6.42 Å². The molecule has 0 saturated carbocycles. The third-order valence-electron chi connectivity index (χ3n) is 5.40. The van der Waals surface area contributed by atoms with E-state index in [0.29, 0.717) is 11.3 Å². The van der Waals surface area contributed by atoms with E-state index in [1.165, 1.54) is 5.57 Å². The van der Waals surface area contributed by atoms with Crippen LogP contribution in [0.25, 0.3) is 50.0 Å². The minimum atomic E-state index is 0.617. The van der Waals surface area contributed by atoms with Gasteiger partial charge in [0.05, 0.1) is 28.8 Å². The van der Waals surface area contributed by atoms with Gasteiger partial charge in [-0.05, 0) is 30.2 Å². The quantitative estimate of drug-likeness (QED) is 0.420. The smallest absolute Gasteiger partial charge is 0.181 e. The van der Waals surface area contributed by atoms with Crippen LogP contribution in [0.5, 0.6) is 0 Å². The highest BCUT2D eigenvalue weighted by Crippen LogP contribution is 2.34. The Bertz CT molecular complexity index is 1490. The Morgan fingerprint density at radius 2 is 1.80 bits per heavy atom. The van der Waals surface area contributed by atoms with Gasteiger partial charge in [-0.3, -0.25) is 15.1 Å². The van der Waals surface area contributed by atoms with Crippen LogP contribution >= 0.6 is 0 Å². The number of fused-ring (bicyclic) bond motifs is 2. The van der Waals surface area contributed by atoms with Gasteiger partial charge < -0.3 is 10.7 Å². The Labute approximate surface area is 171 Å². The summed E-state index contributed by atoms with van der Waals surface area (Å²) in [6.45, 7) is 0. The number of hydrogen-bond donors (Lipinski definition) is 3. The second-order valence-electron chi connectivity index (χ2n) is 7.33. The first-order valence-electron chi connectivity index (χ1n) is 9.65. The molecule has 0 radical (unpaired) electrons. The SMILES string of the molecule is Nc1cncc(-c2cnc3n[nH]c(-c4cc5c(C6=CCC=C6)cncc5[nH]4)c3c2)c1. The topological polar surface area (TPSA) is 109 Å². The van der Waals surface area contributed by atoms with E-state index in [1.54, 1.807) is 18.6 Å². The van der Waals surface area contributed by atoms with E-state index in [4.69, 9.17) is 5.73 Å². The lowest BCUT2D eigenvalue weighted by Gasteiger charge is -2.02. The van der Waals surface area contributed by atoms with E-state index >= 15 is 0 Å². The Hall–Kier alpha value is -4.26. The molecule has 0 unspecified atom stereocenters. The number of nitrogen functional groups attached to an aromatic ring is 1. The highest BCUT2D eigenvalue weighted by molar-refractivity contribution is 6.00. The summed E-state index contributed by atoms with van der Waals surface area (Å²) in [4.78, 5) is 16.6. The lowest BCUT2D eigenvalue weighted by molar-refractivity contribution is 1.10. The molecule has 5 heterocycles. The minimum absolute atomic E-state index is 0.617. The number of pyridine rings is 3. The van der Waals surface area contributed by atoms with Crippen molar-refractivity contribution >= 4 is 33.2 Å².